The lowest BCUT2D eigenvalue weighted by molar-refractivity contribution is -1.12. The van der Waals surface area contributed by atoms with Crippen LogP contribution in [0.5, 0.6) is 0 Å². The standard InChI is InChI=1S/C11H9INO5/c12-8-3-1-7(2-4-8)11(16)18-13(17)9(14)5-6-10(13)15/h1-4,17H,5-6H2/q+1. The van der Waals surface area contributed by atoms with Gasteiger partial charge in [-0.25, -0.2) is 19.2 Å². The third kappa shape index (κ3) is 2.28. The van der Waals surface area contributed by atoms with Crippen molar-refractivity contribution in [3.8, 4) is 0 Å². The Hall–Kier alpha value is -1.32. The van der Waals surface area contributed by atoms with Crippen molar-refractivity contribution in [2.75, 3.05) is 0 Å². The Morgan fingerprint density at radius 2 is 1.67 bits per heavy atom. The fourth-order valence-corrected chi connectivity index (χ4v) is 1.88. The molecule has 1 saturated heterocycles. The van der Waals surface area contributed by atoms with E-state index in [1.54, 1.807) is 12.1 Å². The molecule has 1 aliphatic rings. The minimum absolute atomic E-state index is 0.130. The van der Waals surface area contributed by atoms with Crippen LogP contribution in [0.25, 0.3) is 0 Å². The molecule has 1 heterocycles. The van der Waals surface area contributed by atoms with Crippen LogP contribution in [0.3, 0.4) is 0 Å². The zero-order chi connectivity index (χ0) is 13.3. The van der Waals surface area contributed by atoms with Crippen LogP contribution < -0.4 is 0 Å². The third-order valence-electron chi connectivity index (χ3n) is 2.52. The molecule has 0 unspecified atom stereocenters. The Morgan fingerprint density at radius 3 is 2.17 bits per heavy atom. The van der Waals surface area contributed by atoms with Crippen LogP contribution in [0.4, 0.5) is 0 Å². The topological polar surface area (TPSA) is 80.7 Å². The summed E-state index contributed by atoms with van der Waals surface area (Å²) < 4.78 is 0.922. The molecule has 0 radical (unpaired) electrons. The highest BCUT2D eigenvalue weighted by Gasteiger charge is 2.55. The molecule has 1 fully saturated rings. The van der Waals surface area contributed by atoms with Gasteiger partial charge in [0.1, 0.15) is 4.81 Å². The summed E-state index contributed by atoms with van der Waals surface area (Å²) in [5, 5.41) is 9.71. The van der Waals surface area contributed by atoms with Gasteiger partial charge in [-0.3, -0.25) is 0 Å². The minimum Gasteiger partial charge on any atom is -0.239 e. The fraction of sp³-hybridized carbons (Fsp3) is 0.182. The summed E-state index contributed by atoms with van der Waals surface area (Å²) in [6.45, 7) is 0. The number of hydroxylamine groups is 4. The number of benzene rings is 1. The van der Waals surface area contributed by atoms with Crippen molar-refractivity contribution in [1.29, 1.82) is 0 Å². The molecule has 1 aromatic carbocycles. The van der Waals surface area contributed by atoms with Gasteiger partial charge in [0.2, 0.25) is 0 Å². The molecule has 0 aliphatic carbocycles. The maximum Gasteiger partial charge on any atom is 0.403 e. The number of carbonyl (C=O) groups excluding carboxylic acids is 3. The molecule has 2 rings (SSSR count). The van der Waals surface area contributed by atoms with E-state index >= 15 is 0 Å². The zero-order valence-corrected chi connectivity index (χ0v) is 11.3. The highest BCUT2D eigenvalue weighted by Crippen LogP contribution is 2.22. The van der Waals surface area contributed by atoms with Crippen molar-refractivity contribution in [3.63, 3.8) is 0 Å². The second kappa shape index (κ2) is 4.75. The maximum absolute atomic E-state index is 11.7. The maximum atomic E-state index is 11.7. The van der Waals surface area contributed by atoms with E-state index in [1.807, 2.05) is 0 Å². The number of carbonyl (C=O) groups is 3. The quantitative estimate of drug-likeness (QED) is 0.373. The van der Waals surface area contributed by atoms with Gasteiger partial charge in [0, 0.05) is 3.57 Å². The summed E-state index contributed by atoms with van der Waals surface area (Å²) in [6, 6.07) is 6.32. The molecule has 0 bridgehead atoms. The molecule has 1 N–H and O–H groups in total. The van der Waals surface area contributed by atoms with E-state index < -0.39 is 22.6 Å². The number of quaternary nitrogens is 1. The predicted molar refractivity (Wildman–Crippen MR) is 65.9 cm³/mol. The van der Waals surface area contributed by atoms with Crippen LogP contribution in [0.15, 0.2) is 24.3 Å². The molecule has 0 saturated carbocycles. The molecular weight excluding hydrogens is 353 g/mol. The molecule has 18 heavy (non-hydrogen) atoms. The highest BCUT2D eigenvalue weighted by atomic mass is 127. The summed E-state index contributed by atoms with van der Waals surface area (Å²) in [4.78, 5) is 37.1. The Morgan fingerprint density at radius 1 is 1.17 bits per heavy atom. The van der Waals surface area contributed by atoms with Crippen molar-refractivity contribution >= 4 is 40.4 Å². The van der Waals surface area contributed by atoms with Crippen molar-refractivity contribution < 1.29 is 29.2 Å². The summed E-state index contributed by atoms with van der Waals surface area (Å²) in [5.74, 6) is -2.59. The second-order valence-electron chi connectivity index (χ2n) is 3.75. The number of hydrogen-bond donors (Lipinski definition) is 1. The lowest BCUT2D eigenvalue weighted by atomic mass is 10.2. The summed E-state index contributed by atoms with van der Waals surface area (Å²) in [7, 11) is 0. The normalized spacial score (nSPS) is 17.9. The van der Waals surface area contributed by atoms with E-state index in [9.17, 15) is 19.6 Å². The Labute approximate surface area is 116 Å². The van der Waals surface area contributed by atoms with E-state index in [1.165, 1.54) is 12.1 Å². The molecule has 1 aromatic rings. The third-order valence-corrected chi connectivity index (χ3v) is 3.24. The lowest BCUT2D eigenvalue weighted by Gasteiger charge is -2.15. The molecule has 6 nitrogen and oxygen atoms in total. The first-order chi connectivity index (χ1) is 8.43. The van der Waals surface area contributed by atoms with Gasteiger partial charge in [0.05, 0.1) is 18.4 Å². The van der Waals surface area contributed by atoms with Gasteiger partial charge < -0.3 is 0 Å². The van der Waals surface area contributed by atoms with Crippen LogP contribution in [0.2, 0.25) is 0 Å². The molecule has 0 atom stereocenters. The minimum atomic E-state index is -1.88. The van der Waals surface area contributed by atoms with Gasteiger partial charge in [-0.05, 0) is 46.9 Å². The van der Waals surface area contributed by atoms with Gasteiger partial charge in [-0.1, -0.05) is 0 Å². The van der Waals surface area contributed by atoms with Crippen LogP contribution in [0.1, 0.15) is 23.2 Å². The van der Waals surface area contributed by atoms with E-state index in [0.29, 0.717) is 0 Å². The van der Waals surface area contributed by atoms with Gasteiger partial charge in [0.25, 0.3) is 0 Å². The number of imide groups is 1. The number of halogens is 1. The number of hydrogen-bond acceptors (Lipinski definition) is 5. The predicted octanol–water partition coefficient (Wildman–Crippen LogP) is 1.42. The summed E-state index contributed by atoms with van der Waals surface area (Å²) in [6.07, 6.45) is -0.259. The monoisotopic (exact) mass is 362 g/mol. The largest absolute Gasteiger partial charge is 0.403 e. The Balaban J connectivity index is 2.19. The molecule has 2 amide bonds. The van der Waals surface area contributed by atoms with Crippen molar-refractivity contribution in [1.82, 2.24) is 0 Å². The van der Waals surface area contributed by atoms with E-state index in [0.717, 1.165) is 3.57 Å². The fourth-order valence-electron chi connectivity index (χ4n) is 1.52. The van der Waals surface area contributed by atoms with Crippen molar-refractivity contribution in [2.24, 2.45) is 0 Å². The van der Waals surface area contributed by atoms with Crippen LogP contribution in [-0.4, -0.2) is 27.8 Å². The molecule has 94 valence electrons. The Bertz CT molecular complexity index is 509. The zero-order valence-electron chi connectivity index (χ0n) is 9.13. The van der Waals surface area contributed by atoms with Crippen LogP contribution >= 0.6 is 22.6 Å². The molecule has 7 heteroatoms. The van der Waals surface area contributed by atoms with Gasteiger partial charge in [-0.2, -0.15) is 5.21 Å². The van der Waals surface area contributed by atoms with Crippen molar-refractivity contribution in [2.45, 2.75) is 12.8 Å². The summed E-state index contributed by atoms with van der Waals surface area (Å²) >= 11 is 2.07. The van der Waals surface area contributed by atoms with Crippen molar-refractivity contribution in [3.05, 3.63) is 33.4 Å². The Kier molecular flexibility index (Phi) is 3.46. The smallest absolute Gasteiger partial charge is 0.239 e. The summed E-state index contributed by atoms with van der Waals surface area (Å²) in [5.41, 5.74) is 0.162. The number of nitrogens with zero attached hydrogens (tertiary/aromatic N) is 1. The molecule has 1 aliphatic heterocycles. The van der Waals surface area contributed by atoms with E-state index in [4.69, 9.17) is 0 Å². The van der Waals surface area contributed by atoms with E-state index in [2.05, 4.69) is 27.4 Å². The SMILES string of the molecule is O=C(O[N+]1(O)C(=O)CCC1=O)c1ccc(I)cc1. The molecule has 0 aromatic heterocycles. The first-order valence-electron chi connectivity index (χ1n) is 5.11. The number of rotatable bonds is 2. The number of amides is 2. The average molecular weight is 362 g/mol. The average Bonchev–Trinajstić information content (AvgIpc) is 2.58. The highest BCUT2D eigenvalue weighted by molar-refractivity contribution is 14.1. The van der Waals surface area contributed by atoms with Crippen LogP contribution in [0, 0.1) is 3.57 Å². The van der Waals surface area contributed by atoms with Gasteiger partial charge in [-0.15, -0.1) is 0 Å². The van der Waals surface area contributed by atoms with Gasteiger partial charge >= 0.3 is 17.8 Å². The lowest BCUT2D eigenvalue weighted by Crippen LogP contribution is -2.50. The first kappa shape index (κ1) is 13.1. The first-order valence-corrected chi connectivity index (χ1v) is 6.19. The molecule has 0 spiro atoms. The van der Waals surface area contributed by atoms with E-state index in [-0.39, 0.29) is 18.4 Å². The van der Waals surface area contributed by atoms with Gasteiger partial charge in [0.15, 0.2) is 0 Å². The second-order valence-corrected chi connectivity index (χ2v) is 4.99. The van der Waals surface area contributed by atoms with Crippen LogP contribution in [-0.2, 0) is 14.4 Å². The molecular formula is C11H9INO5+.